The van der Waals surface area contributed by atoms with Gasteiger partial charge >= 0.3 is 0 Å². The van der Waals surface area contributed by atoms with Crippen molar-refractivity contribution in [2.75, 3.05) is 23.7 Å². The summed E-state index contributed by atoms with van der Waals surface area (Å²) in [6, 6.07) is 11.7. The monoisotopic (exact) mass is 493 g/mol. The van der Waals surface area contributed by atoms with Crippen molar-refractivity contribution < 1.29 is 18.0 Å². The maximum Gasteiger partial charge on any atom is 0.244 e. The molecule has 2 amide bonds. The molecule has 0 saturated carbocycles. The van der Waals surface area contributed by atoms with Crippen LogP contribution in [0.3, 0.4) is 0 Å². The highest BCUT2D eigenvalue weighted by atomic mass is 35.5. The van der Waals surface area contributed by atoms with Gasteiger partial charge in [-0.25, -0.2) is 8.42 Å². The number of sulfonamides is 1. The molecule has 33 heavy (non-hydrogen) atoms. The van der Waals surface area contributed by atoms with Crippen molar-refractivity contribution in [3.05, 3.63) is 64.2 Å². The van der Waals surface area contributed by atoms with Gasteiger partial charge in [-0.15, -0.1) is 0 Å². The summed E-state index contributed by atoms with van der Waals surface area (Å²) in [5.41, 5.74) is 2.95. The van der Waals surface area contributed by atoms with Crippen LogP contribution in [0.1, 0.15) is 37.0 Å². The molecule has 2 aromatic carbocycles. The molecule has 0 spiro atoms. The van der Waals surface area contributed by atoms with Crippen molar-refractivity contribution in [1.29, 1.82) is 0 Å². The third kappa shape index (κ3) is 6.95. The van der Waals surface area contributed by atoms with Crippen LogP contribution in [0.15, 0.2) is 42.5 Å². The van der Waals surface area contributed by atoms with Crippen LogP contribution in [0.4, 0.5) is 5.69 Å². The summed E-state index contributed by atoms with van der Waals surface area (Å²) < 4.78 is 26.2. The van der Waals surface area contributed by atoms with Gasteiger partial charge in [0, 0.05) is 18.1 Å². The van der Waals surface area contributed by atoms with E-state index in [2.05, 4.69) is 5.32 Å². The van der Waals surface area contributed by atoms with Gasteiger partial charge < -0.3 is 10.2 Å². The second-order valence-electron chi connectivity index (χ2n) is 7.97. The van der Waals surface area contributed by atoms with Gasteiger partial charge in [0.2, 0.25) is 21.8 Å². The molecular weight excluding hydrogens is 462 g/mol. The maximum absolute atomic E-state index is 13.6. The highest BCUT2D eigenvalue weighted by Crippen LogP contribution is 2.25. The van der Waals surface area contributed by atoms with E-state index in [1.54, 1.807) is 12.1 Å². The molecule has 0 radical (unpaired) electrons. The number of amides is 2. The lowest BCUT2D eigenvalue weighted by atomic mass is 10.1. The molecule has 0 unspecified atom stereocenters. The van der Waals surface area contributed by atoms with E-state index >= 15 is 0 Å². The van der Waals surface area contributed by atoms with Crippen molar-refractivity contribution in [2.24, 2.45) is 0 Å². The van der Waals surface area contributed by atoms with Gasteiger partial charge in [-0.3, -0.25) is 13.9 Å². The zero-order valence-electron chi connectivity index (χ0n) is 19.8. The first kappa shape index (κ1) is 26.7. The number of anilines is 1. The SMILES string of the molecule is CCNC(=O)[C@@H](CC)N(Cc1ccccc1C)C(=O)CN(c1ccc(C)c(Cl)c1)S(C)(=O)=O. The molecule has 180 valence electrons. The Kier molecular flexibility index (Phi) is 9.31. The van der Waals surface area contributed by atoms with Crippen molar-refractivity contribution in [2.45, 2.75) is 46.7 Å². The molecule has 9 heteroatoms. The van der Waals surface area contributed by atoms with E-state index in [4.69, 9.17) is 11.6 Å². The molecule has 0 bridgehead atoms. The topological polar surface area (TPSA) is 86.8 Å². The molecule has 0 fully saturated rings. The van der Waals surface area contributed by atoms with E-state index in [1.807, 2.05) is 52.0 Å². The molecule has 0 aliphatic carbocycles. The molecule has 0 aliphatic heterocycles. The Balaban J connectivity index is 2.47. The van der Waals surface area contributed by atoms with Crippen LogP contribution in [-0.4, -0.2) is 50.5 Å². The fourth-order valence-electron chi connectivity index (χ4n) is 3.53. The summed E-state index contributed by atoms with van der Waals surface area (Å²) in [5, 5.41) is 3.18. The molecule has 2 aromatic rings. The van der Waals surface area contributed by atoms with Crippen LogP contribution in [0.5, 0.6) is 0 Å². The van der Waals surface area contributed by atoms with E-state index in [-0.39, 0.29) is 12.5 Å². The Bertz CT molecular complexity index is 1100. The molecule has 0 aliphatic rings. The highest BCUT2D eigenvalue weighted by Gasteiger charge is 2.31. The van der Waals surface area contributed by atoms with Crippen LogP contribution >= 0.6 is 11.6 Å². The number of benzene rings is 2. The van der Waals surface area contributed by atoms with Crippen molar-refractivity contribution in [3.63, 3.8) is 0 Å². The lowest BCUT2D eigenvalue weighted by Gasteiger charge is -2.33. The minimum Gasteiger partial charge on any atom is -0.355 e. The molecule has 0 saturated heterocycles. The average molecular weight is 494 g/mol. The number of hydrogen-bond donors (Lipinski definition) is 1. The predicted molar refractivity (Wildman–Crippen MR) is 133 cm³/mol. The normalized spacial score (nSPS) is 12.2. The van der Waals surface area contributed by atoms with Gasteiger partial charge in [0.05, 0.1) is 11.9 Å². The van der Waals surface area contributed by atoms with E-state index in [1.165, 1.54) is 11.0 Å². The Hall–Kier alpha value is -2.58. The maximum atomic E-state index is 13.6. The second-order valence-corrected chi connectivity index (χ2v) is 10.3. The molecule has 7 nitrogen and oxygen atoms in total. The number of rotatable bonds is 10. The fourth-order valence-corrected chi connectivity index (χ4v) is 4.55. The van der Waals surface area contributed by atoms with Gasteiger partial charge in [0.1, 0.15) is 12.6 Å². The van der Waals surface area contributed by atoms with Crippen molar-refractivity contribution >= 4 is 39.1 Å². The Morgan fingerprint density at radius 3 is 2.27 bits per heavy atom. The quantitative estimate of drug-likeness (QED) is 0.547. The number of carbonyl (C=O) groups is 2. The fraction of sp³-hybridized carbons (Fsp3) is 0.417. The third-order valence-electron chi connectivity index (χ3n) is 5.46. The average Bonchev–Trinajstić information content (AvgIpc) is 2.74. The van der Waals surface area contributed by atoms with Gasteiger partial charge in [-0.05, 0) is 56.0 Å². The smallest absolute Gasteiger partial charge is 0.244 e. The highest BCUT2D eigenvalue weighted by molar-refractivity contribution is 7.92. The number of carbonyl (C=O) groups excluding carboxylic acids is 2. The summed E-state index contributed by atoms with van der Waals surface area (Å²) in [7, 11) is -3.79. The standard InChI is InChI=1S/C24H32ClN3O4S/c1-6-22(24(30)26-7-2)27(15-19-11-9-8-10-17(19)3)23(29)16-28(33(5,31)32)20-13-12-18(4)21(25)14-20/h8-14,22H,6-7,15-16H2,1-5H3,(H,26,30)/t22-/m1/s1. The van der Waals surface area contributed by atoms with Gasteiger partial charge in [-0.2, -0.15) is 0 Å². The van der Waals surface area contributed by atoms with E-state index in [0.717, 1.165) is 27.3 Å². The molecule has 0 heterocycles. The van der Waals surface area contributed by atoms with Crippen LogP contribution in [0.2, 0.25) is 5.02 Å². The number of likely N-dealkylation sites (N-methyl/N-ethyl adjacent to an activating group) is 1. The Labute approximate surface area is 201 Å². The lowest BCUT2D eigenvalue weighted by molar-refractivity contribution is -0.140. The molecule has 1 atom stereocenters. The van der Waals surface area contributed by atoms with Gasteiger partial charge in [0.25, 0.3) is 0 Å². The number of nitrogens with one attached hydrogen (secondary N) is 1. The summed E-state index contributed by atoms with van der Waals surface area (Å²) in [5.74, 6) is -0.746. The minimum absolute atomic E-state index is 0.188. The van der Waals surface area contributed by atoms with Crippen LogP contribution in [0, 0.1) is 13.8 Å². The van der Waals surface area contributed by atoms with Crippen LogP contribution in [-0.2, 0) is 26.2 Å². The van der Waals surface area contributed by atoms with Crippen LogP contribution in [0.25, 0.3) is 0 Å². The number of aryl methyl sites for hydroxylation is 2. The number of nitrogens with zero attached hydrogens (tertiary/aromatic N) is 2. The Morgan fingerprint density at radius 2 is 1.73 bits per heavy atom. The second kappa shape index (κ2) is 11.5. The van der Waals surface area contributed by atoms with Gasteiger partial charge in [0.15, 0.2) is 0 Å². The minimum atomic E-state index is -3.79. The number of halogens is 1. The first-order chi connectivity index (χ1) is 15.5. The number of hydrogen-bond acceptors (Lipinski definition) is 4. The van der Waals surface area contributed by atoms with E-state index < -0.39 is 28.5 Å². The summed E-state index contributed by atoms with van der Waals surface area (Å²) in [6.45, 7) is 7.55. The molecular formula is C24H32ClN3O4S. The lowest BCUT2D eigenvalue weighted by Crippen LogP contribution is -2.52. The molecule has 0 aromatic heterocycles. The van der Waals surface area contributed by atoms with E-state index in [9.17, 15) is 18.0 Å². The van der Waals surface area contributed by atoms with Crippen molar-refractivity contribution in [1.82, 2.24) is 10.2 Å². The zero-order chi connectivity index (χ0) is 24.8. The summed E-state index contributed by atoms with van der Waals surface area (Å²) >= 11 is 6.21. The predicted octanol–water partition coefficient (Wildman–Crippen LogP) is 3.67. The zero-order valence-corrected chi connectivity index (χ0v) is 21.3. The van der Waals surface area contributed by atoms with Crippen molar-refractivity contribution in [3.8, 4) is 0 Å². The van der Waals surface area contributed by atoms with Gasteiger partial charge in [-0.1, -0.05) is 48.9 Å². The third-order valence-corrected chi connectivity index (χ3v) is 7.01. The molecule has 2 rings (SSSR count). The largest absolute Gasteiger partial charge is 0.355 e. The summed E-state index contributed by atoms with van der Waals surface area (Å²) in [4.78, 5) is 27.8. The first-order valence-corrected chi connectivity index (χ1v) is 13.1. The van der Waals surface area contributed by atoms with Crippen LogP contribution < -0.4 is 9.62 Å². The molecule has 1 N–H and O–H groups in total. The van der Waals surface area contributed by atoms with E-state index in [0.29, 0.717) is 23.7 Å². The summed E-state index contributed by atoms with van der Waals surface area (Å²) in [6.07, 6.45) is 1.43. The Morgan fingerprint density at radius 1 is 1.06 bits per heavy atom. The first-order valence-electron chi connectivity index (χ1n) is 10.8.